The van der Waals surface area contributed by atoms with E-state index in [9.17, 15) is 4.79 Å². The van der Waals surface area contributed by atoms with Crippen LogP contribution in [0.15, 0.2) is 82.0 Å². The number of fused-ring (bicyclic) bond motifs is 3. The Morgan fingerprint density at radius 2 is 1.52 bits per heavy atom. The molecule has 0 unspecified atom stereocenters. The van der Waals surface area contributed by atoms with E-state index in [4.69, 9.17) is 9.15 Å². The minimum absolute atomic E-state index is 0.344. The van der Waals surface area contributed by atoms with Gasteiger partial charge in [-0.2, -0.15) is 0 Å². The van der Waals surface area contributed by atoms with Crippen molar-refractivity contribution in [2.75, 3.05) is 0 Å². The molecule has 3 heteroatoms. The molecule has 0 aliphatic rings. The van der Waals surface area contributed by atoms with Crippen LogP contribution in [-0.4, -0.2) is 0 Å². The van der Waals surface area contributed by atoms with E-state index in [2.05, 4.69) is 0 Å². The van der Waals surface area contributed by atoms with Gasteiger partial charge in [0.15, 0.2) is 0 Å². The van der Waals surface area contributed by atoms with E-state index in [1.54, 1.807) is 12.1 Å². The molecule has 1 heterocycles. The number of hydrogen-bond donors (Lipinski definition) is 0. The molecule has 0 aliphatic carbocycles. The van der Waals surface area contributed by atoms with Gasteiger partial charge >= 0.3 is 5.63 Å². The van der Waals surface area contributed by atoms with E-state index in [0.29, 0.717) is 23.3 Å². The molecule has 4 aromatic rings. The summed E-state index contributed by atoms with van der Waals surface area (Å²) in [4.78, 5) is 12.2. The highest BCUT2D eigenvalue weighted by molar-refractivity contribution is 6.07. The minimum atomic E-state index is -0.344. The second-order valence-corrected chi connectivity index (χ2v) is 5.34. The van der Waals surface area contributed by atoms with E-state index in [0.717, 1.165) is 16.3 Å². The van der Waals surface area contributed by atoms with Crippen molar-refractivity contribution in [1.82, 2.24) is 0 Å². The Morgan fingerprint density at radius 3 is 2.39 bits per heavy atom. The van der Waals surface area contributed by atoms with Gasteiger partial charge in [-0.05, 0) is 23.8 Å². The highest BCUT2D eigenvalue weighted by Crippen LogP contribution is 2.31. The van der Waals surface area contributed by atoms with Crippen molar-refractivity contribution < 1.29 is 9.15 Å². The molecule has 0 saturated carbocycles. The molecule has 3 nitrogen and oxygen atoms in total. The number of para-hydroxylation sites is 1. The van der Waals surface area contributed by atoms with E-state index in [1.807, 2.05) is 60.7 Å². The van der Waals surface area contributed by atoms with E-state index in [1.165, 1.54) is 0 Å². The first kappa shape index (κ1) is 13.6. The van der Waals surface area contributed by atoms with E-state index >= 15 is 0 Å². The molecule has 4 rings (SSSR count). The van der Waals surface area contributed by atoms with Gasteiger partial charge in [0.2, 0.25) is 0 Å². The predicted octanol–water partition coefficient (Wildman–Crippen LogP) is 4.53. The Balaban J connectivity index is 1.88. The van der Waals surface area contributed by atoms with Crippen LogP contribution in [0.5, 0.6) is 5.75 Å². The summed E-state index contributed by atoms with van der Waals surface area (Å²) in [5.74, 6) is 0.690. The SMILES string of the molecule is O=c1oc2ccccc2c2c(OCc3ccccc3)cccc12. The standard InChI is InChI=1S/C20H14O3/c21-20-16-10-6-12-18(22-13-14-7-2-1-3-8-14)19(16)15-9-4-5-11-17(15)23-20/h1-12H,13H2. The number of ether oxygens (including phenoxy) is 1. The van der Waals surface area contributed by atoms with Crippen LogP contribution in [0.4, 0.5) is 0 Å². The van der Waals surface area contributed by atoms with Gasteiger partial charge in [-0.25, -0.2) is 4.79 Å². The molecule has 23 heavy (non-hydrogen) atoms. The molecule has 0 spiro atoms. The van der Waals surface area contributed by atoms with E-state index in [-0.39, 0.29) is 5.63 Å². The van der Waals surface area contributed by atoms with Crippen LogP contribution in [0, 0.1) is 0 Å². The lowest BCUT2D eigenvalue weighted by Gasteiger charge is -2.10. The summed E-state index contributed by atoms with van der Waals surface area (Å²) in [7, 11) is 0. The summed E-state index contributed by atoms with van der Waals surface area (Å²) in [6, 6.07) is 22.9. The van der Waals surface area contributed by atoms with Crippen LogP contribution < -0.4 is 10.4 Å². The molecule has 0 amide bonds. The summed E-state index contributed by atoms with van der Waals surface area (Å²) in [6.07, 6.45) is 0. The lowest BCUT2D eigenvalue weighted by Crippen LogP contribution is -2.02. The fraction of sp³-hybridized carbons (Fsp3) is 0.0500. The molecule has 112 valence electrons. The Bertz CT molecular complexity index is 1030. The normalized spacial score (nSPS) is 11.0. The molecule has 0 atom stereocenters. The summed E-state index contributed by atoms with van der Waals surface area (Å²) >= 11 is 0. The van der Waals surface area contributed by atoms with Gasteiger partial charge in [0.05, 0.1) is 5.39 Å². The maximum Gasteiger partial charge on any atom is 0.344 e. The second-order valence-electron chi connectivity index (χ2n) is 5.34. The topological polar surface area (TPSA) is 39.4 Å². The van der Waals surface area contributed by atoms with Crippen LogP contribution in [0.2, 0.25) is 0 Å². The number of rotatable bonds is 3. The predicted molar refractivity (Wildman–Crippen MR) is 90.8 cm³/mol. The van der Waals surface area contributed by atoms with E-state index < -0.39 is 0 Å². The van der Waals surface area contributed by atoms with Gasteiger partial charge in [-0.15, -0.1) is 0 Å². The summed E-state index contributed by atoms with van der Waals surface area (Å²) in [5.41, 5.74) is 1.31. The van der Waals surface area contributed by atoms with Gasteiger partial charge in [-0.3, -0.25) is 0 Å². The maximum atomic E-state index is 12.2. The number of benzene rings is 3. The first-order valence-electron chi connectivity index (χ1n) is 7.44. The fourth-order valence-corrected chi connectivity index (χ4v) is 2.75. The van der Waals surface area contributed by atoms with Crippen molar-refractivity contribution >= 4 is 21.7 Å². The average molecular weight is 302 g/mol. The van der Waals surface area contributed by atoms with Crippen molar-refractivity contribution in [3.05, 3.63) is 88.8 Å². The third-order valence-corrected chi connectivity index (χ3v) is 3.84. The van der Waals surface area contributed by atoms with Crippen LogP contribution in [0.1, 0.15) is 5.56 Å². The smallest absolute Gasteiger partial charge is 0.344 e. The third-order valence-electron chi connectivity index (χ3n) is 3.84. The highest BCUT2D eigenvalue weighted by atomic mass is 16.5. The van der Waals surface area contributed by atoms with Crippen LogP contribution >= 0.6 is 0 Å². The minimum Gasteiger partial charge on any atom is -0.488 e. The molecule has 0 N–H and O–H groups in total. The molecule has 0 aliphatic heterocycles. The van der Waals surface area contributed by atoms with Gasteiger partial charge in [0.25, 0.3) is 0 Å². The van der Waals surface area contributed by atoms with Gasteiger partial charge in [0, 0.05) is 10.8 Å². The molecule has 0 bridgehead atoms. The van der Waals surface area contributed by atoms with Crippen molar-refractivity contribution in [2.45, 2.75) is 6.61 Å². The number of hydrogen-bond acceptors (Lipinski definition) is 3. The first-order chi connectivity index (χ1) is 11.3. The van der Waals surface area contributed by atoms with Gasteiger partial charge in [-0.1, -0.05) is 54.6 Å². The second kappa shape index (κ2) is 5.61. The Hall–Kier alpha value is -3.07. The van der Waals surface area contributed by atoms with Crippen molar-refractivity contribution in [3.8, 4) is 5.75 Å². The Labute approximate surface area is 132 Å². The highest BCUT2D eigenvalue weighted by Gasteiger charge is 2.11. The van der Waals surface area contributed by atoms with Crippen molar-refractivity contribution in [1.29, 1.82) is 0 Å². The Kier molecular flexibility index (Phi) is 3.31. The largest absolute Gasteiger partial charge is 0.488 e. The molecule has 3 aromatic carbocycles. The average Bonchev–Trinajstić information content (AvgIpc) is 2.61. The van der Waals surface area contributed by atoms with Crippen molar-refractivity contribution in [2.24, 2.45) is 0 Å². The maximum absolute atomic E-state index is 12.2. The molecule has 0 saturated heterocycles. The Morgan fingerprint density at radius 1 is 0.783 bits per heavy atom. The lowest BCUT2D eigenvalue weighted by atomic mass is 10.1. The van der Waals surface area contributed by atoms with Crippen LogP contribution in [0.3, 0.4) is 0 Å². The lowest BCUT2D eigenvalue weighted by molar-refractivity contribution is 0.310. The first-order valence-corrected chi connectivity index (χ1v) is 7.44. The zero-order valence-corrected chi connectivity index (χ0v) is 12.4. The monoisotopic (exact) mass is 302 g/mol. The van der Waals surface area contributed by atoms with Crippen molar-refractivity contribution in [3.63, 3.8) is 0 Å². The third kappa shape index (κ3) is 2.46. The molecule has 1 aromatic heterocycles. The molecular weight excluding hydrogens is 288 g/mol. The quantitative estimate of drug-likeness (QED) is 0.412. The summed E-state index contributed by atoms with van der Waals surface area (Å²) < 4.78 is 11.4. The van der Waals surface area contributed by atoms with Crippen LogP contribution in [-0.2, 0) is 6.61 Å². The van der Waals surface area contributed by atoms with Gasteiger partial charge < -0.3 is 9.15 Å². The van der Waals surface area contributed by atoms with Crippen LogP contribution in [0.25, 0.3) is 21.7 Å². The summed E-state index contributed by atoms with van der Waals surface area (Å²) in [6.45, 7) is 0.453. The molecular formula is C20H14O3. The zero-order valence-electron chi connectivity index (χ0n) is 12.4. The molecule has 0 fully saturated rings. The van der Waals surface area contributed by atoms with Gasteiger partial charge in [0.1, 0.15) is 17.9 Å². The zero-order chi connectivity index (χ0) is 15.6. The fourth-order valence-electron chi connectivity index (χ4n) is 2.75. The molecule has 0 radical (unpaired) electrons. The summed E-state index contributed by atoms with van der Waals surface area (Å²) in [5, 5.41) is 2.22.